The van der Waals surface area contributed by atoms with E-state index in [0.717, 1.165) is 31.4 Å². The van der Waals surface area contributed by atoms with Crippen molar-refractivity contribution in [2.24, 2.45) is 0 Å². The van der Waals surface area contributed by atoms with Crippen LogP contribution in [0.3, 0.4) is 0 Å². The Labute approximate surface area is 128 Å². The average molecular weight is 312 g/mol. The molecule has 4 heteroatoms. The first kappa shape index (κ1) is 15.5. The summed E-state index contributed by atoms with van der Waals surface area (Å²) < 4.78 is 13.2. The highest BCUT2D eigenvalue weighted by Crippen LogP contribution is 2.19. The van der Waals surface area contributed by atoms with E-state index in [1.54, 1.807) is 17.4 Å². The molecule has 0 saturated heterocycles. The lowest BCUT2D eigenvalue weighted by Crippen LogP contribution is -2.33. The largest absolute Gasteiger partial charge is 0.313 e. The highest BCUT2D eigenvalue weighted by atomic mass is 35.5. The van der Waals surface area contributed by atoms with Gasteiger partial charge in [0.15, 0.2) is 0 Å². The van der Waals surface area contributed by atoms with E-state index in [-0.39, 0.29) is 10.8 Å². The van der Waals surface area contributed by atoms with Crippen LogP contribution < -0.4 is 5.32 Å². The van der Waals surface area contributed by atoms with Crippen LogP contribution in [-0.2, 0) is 12.8 Å². The molecule has 1 atom stereocenters. The van der Waals surface area contributed by atoms with Crippen LogP contribution in [0.1, 0.15) is 23.8 Å². The van der Waals surface area contributed by atoms with Gasteiger partial charge in [-0.15, -0.1) is 11.3 Å². The second-order valence-corrected chi connectivity index (χ2v) is 6.33. The van der Waals surface area contributed by atoms with E-state index in [2.05, 4.69) is 29.8 Å². The maximum Gasteiger partial charge on any atom is 0.141 e. The number of rotatable bonds is 7. The molecule has 1 N–H and O–H groups in total. The highest BCUT2D eigenvalue weighted by Gasteiger charge is 2.11. The number of benzene rings is 1. The zero-order valence-electron chi connectivity index (χ0n) is 11.5. The molecular weight excluding hydrogens is 293 g/mol. The number of hydrogen-bond acceptors (Lipinski definition) is 2. The smallest absolute Gasteiger partial charge is 0.141 e. The van der Waals surface area contributed by atoms with Crippen molar-refractivity contribution in [3.8, 4) is 0 Å². The molecule has 1 unspecified atom stereocenters. The van der Waals surface area contributed by atoms with Gasteiger partial charge < -0.3 is 5.32 Å². The molecule has 2 rings (SSSR count). The molecule has 1 nitrogen and oxygen atoms in total. The minimum absolute atomic E-state index is 0.202. The van der Waals surface area contributed by atoms with Crippen molar-refractivity contribution in [2.45, 2.75) is 32.2 Å². The Morgan fingerprint density at radius 1 is 1.30 bits per heavy atom. The monoisotopic (exact) mass is 311 g/mol. The molecule has 0 aliphatic heterocycles. The Kier molecular flexibility index (Phi) is 6.02. The standard InChI is InChI=1S/C16H19ClFNS/c1-2-7-19-13(11-14-4-3-8-20-14)9-12-5-6-16(18)15(17)10-12/h3-6,8,10,13,19H,2,7,9,11H2,1H3. The van der Waals surface area contributed by atoms with Gasteiger partial charge in [-0.1, -0.05) is 30.7 Å². The van der Waals surface area contributed by atoms with Gasteiger partial charge in [0.05, 0.1) is 5.02 Å². The van der Waals surface area contributed by atoms with Gasteiger partial charge in [-0.05, 0) is 54.9 Å². The molecule has 0 bridgehead atoms. The molecule has 0 aliphatic rings. The first-order valence-corrected chi connectivity index (χ1v) is 8.14. The molecule has 108 valence electrons. The summed E-state index contributed by atoms with van der Waals surface area (Å²) >= 11 is 7.63. The van der Waals surface area contributed by atoms with Crippen molar-refractivity contribution in [1.82, 2.24) is 5.32 Å². The molecule has 0 fully saturated rings. The van der Waals surface area contributed by atoms with Gasteiger partial charge in [0.1, 0.15) is 5.82 Å². The molecule has 0 spiro atoms. The molecular formula is C16H19ClFNS. The fourth-order valence-corrected chi connectivity index (χ4v) is 3.18. The van der Waals surface area contributed by atoms with Crippen molar-refractivity contribution in [2.75, 3.05) is 6.54 Å². The summed E-state index contributed by atoms with van der Waals surface area (Å²) in [5.74, 6) is -0.355. The lowest BCUT2D eigenvalue weighted by atomic mass is 10.0. The van der Waals surface area contributed by atoms with Gasteiger partial charge in [0, 0.05) is 10.9 Å². The Hall–Kier alpha value is -0.900. The average Bonchev–Trinajstić information content (AvgIpc) is 2.93. The quantitative estimate of drug-likeness (QED) is 0.782. The molecule has 1 aromatic carbocycles. The SMILES string of the molecule is CCCNC(Cc1ccc(F)c(Cl)c1)Cc1cccs1. The summed E-state index contributed by atoms with van der Waals surface area (Å²) in [5, 5.41) is 5.86. The fraction of sp³-hybridized carbons (Fsp3) is 0.375. The molecule has 1 aromatic heterocycles. The predicted octanol–water partition coefficient (Wildman–Crippen LogP) is 4.69. The topological polar surface area (TPSA) is 12.0 Å². The maximum atomic E-state index is 13.2. The third-order valence-corrected chi connectivity index (χ3v) is 4.37. The van der Waals surface area contributed by atoms with Crippen LogP contribution in [-0.4, -0.2) is 12.6 Å². The van der Waals surface area contributed by atoms with Crippen LogP contribution in [0.2, 0.25) is 5.02 Å². The Bertz CT molecular complexity index is 527. The van der Waals surface area contributed by atoms with Crippen molar-refractivity contribution in [3.05, 3.63) is 57.0 Å². The van der Waals surface area contributed by atoms with Crippen LogP contribution in [0.5, 0.6) is 0 Å². The summed E-state index contributed by atoms with van der Waals surface area (Å²) in [6.45, 7) is 3.15. The maximum absolute atomic E-state index is 13.2. The van der Waals surface area contributed by atoms with E-state index in [1.165, 1.54) is 10.9 Å². The van der Waals surface area contributed by atoms with Crippen molar-refractivity contribution in [3.63, 3.8) is 0 Å². The third kappa shape index (κ3) is 4.58. The van der Waals surface area contributed by atoms with Gasteiger partial charge in [-0.25, -0.2) is 4.39 Å². The van der Waals surface area contributed by atoms with E-state index >= 15 is 0 Å². The van der Waals surface area contributed by atoms with Crippen LogP contribution in [0.25, 0.3) is 0 Å². The minimum Gasteiger partial charge on any atom is -0.313 e. The molecule has 2 aromatic rings. The summed E-state index contributed by atoms with van der Waals surface area (Å²) in [6.07, 6.45) is 2.95. The van der Waals surface area contributed by atoms with Gasteiger partial charge in [-0.2, -0.15) is 0 Å². The lowest BCUT2D eigenvalue weighted by Gasteiger charge is -2.18. The molecule has 20 heavy (non-hydrogen) atoms. The normalized spacial score (nSPS) is 12.6. The summed E-state index contributed by atoms with van der Waals surface area (Å²) in [6, 6.07) is 9.58. The molecule has 0 aliphatic carbocycles. The molecule has 0 radical (unpaired) electrons. The fourth-order valence-electron chi connectivity index (χ4n) is 2.19. The highest BCUT2D eigenvalue weighted by molar-refractivity contribution is 7.09. The van der Waals surface area contributed by atoms with E-state index in [4.69, 9.17) is 11.6 Å². The van der Waals surface area contributed by atoms with Crippen LogP contribution >= 0.6 is 22.9 Å². The second kappa shape index (κ2) is 7.77. The predicted molar refractivity (Wildman–Crippen MR) is 85.2 cm³/mol. The summed E-state index contributed by atoms with van der Waals surface area (Å²) in [4.78, 5) is 1.37. The summed E-state index contributed by atoms with van der Waals surface area (Å²) in [7, 11) is 0. The van der Waals surface area contributed by atoms with Crippen molar-refractivity contribution < 1.29 is 4.39 Å². The lowest BCUT2D eigenvalue weighted by molar-refractivity contribution is 0.507. The molecule has 0 amide bonds. The number of thiophene rings is 1. The Morgan fingerprint density at radius 3 is 2.80 bits per heavy atom. The third-order valence-electron chi connectivity index (χ3n) is 3.18. The van der Waals surface area contributed by atoms with E-state index in [9.17, 15) is 4.39 Å². The zero-order chi connectivity index (χ0) is 14.4. The Balaban J connectivity index is 2.04. The van der Waals surface area contributed by atoms with E-state index in [1.807, 2.05) is 6.07 Å². The molecule has 1 heterocycles. The molecule has 0 saturated carbocycles. The Morgan fingerprint density at radius 2 is 2.15 bits per heavy atom. The van der Waals surface area contributed by atoms with Crippen LogP contribution in [0.15, 0.2) is 35.7 Å². The first-order chi connectivity index (χ1) is 9.69. The van der Waals surface area contributed by atoms with Gasteiger partial charge in [0.25, 0.3) is 0 Å². The van der Waals surface area contributed by atoms with Crippen molar-refractivity contribution in [1.29, 1.82) is 0 Å². The minimum atomic E-state index is -0.355. The van der Waals surface area contributed by atoms with E-state index in [0.29, 0.717) is 6.04 Å². The van der Waals surface area contributed by atoms with Gasteiger partial charge in [-0.3, -0.25) is 0 Å². The number of hydrogen-bond donors (Lipinski definition) is 1. The number of halogens is 2. The van der Waals surface area contributed by atoms with E-state index < -0.39 is 0 Å². The zero-order valence-corrected chi connectivity index (χ0v) is 13.1. The van der Waals surface area contributed by atoms with Gasteiger partial charge in [0.2, 0.25) is 0 Å². The van der Waals surface area contributed by atoms with Crippen LogP contribution in [0, 0.1) is 5.82 Å². The van der Waals surface area contributed by atoms with Crippen molar-refractivity contribution >= 4 is 22.9 Å². The number of nitrogens with one attached hydrogen (secondary N) is 1. The summed E-state index contributed by atoms with van der Waals surface area (Å²) in [5.41, 5.74) is 1.07. The van der Waals surface area contributed by atoms with Crippen LogP contribution in [0.4, 0.5) is 4.39 Å². The second-order valence-electron chi connectivity index (χ2n) is 4.89. The first-order valence-electron chi connectivity index (χ1n) is 6.88. The van der Waals surface area contributed by atoms with Gasteiger partial charge >= 0.3 is 0 Å².